The molecule has 5 nitrogen and oxygen atoms in total. The van der Waals surface area contributed by atoms with Crippen LogP contribution in [0.25, 0.3) is 0 Å². The summed E-state index contributed by atoms with van der Waals surface area (Å²) in [5.74, 6) is -1.46. The standard InChI is InChI=1S/C9H13NO4/c1-6(5-11)8(12)10-4-2-3-7(10)9(13)14/h7,11H,1-5H2,(H,13,14). The summed E-state index contributed by atoms with van der Waals surface area (Å²) in [6, 6.07) is -0.759. The highest BCUT2D eigenvalue weighted by molar-refractivity contribution is 5.95. The van der Waals surface area contributed by atoms with Gasteiger partial charge < -0.3 is 15.1 Å². The first-order valence-corrected chi connectivity index (χ1v) is 4.40. The van der Waals surface area contributed by atoms with Crippen LogP contribution in [0, 0.1) is 0 Å². The Bertz CT molecular complexity index is 274. The molecule has 1 unspecified atom stereocenters. The summed E-state index contributed by atoms with van der Waals surface area (Å²) in [5.41, 5.74) is 0.0400. The highest BCUT2D eigenvalue weighted by Crippen LogP contribution is 2.19. The minimum absolute atomic E-state index is 0.0400. The average Bonchev–Trinajstić information content (AvgIpc) is 2.63. The number of aliphatic hydroxyl groups excluding tert-OH is 1. The lowest BCUT2D eigenvalue weighted by Crippen LogP contribution is -2.41. The first-order valence-electron chi connectivity index (χ1n) is 4.40. The van der Waals surface area contributed by atoms with Gasteiger partial charge in [-0.1, -0.05) is 6.58 Å². The van der Waals surface area contributed by atoms with Gasteiger partial charge in [0, 0.05) is 12.1 Å². The van der Waals surface area contributed by atoms with E-state index in [-0.39, 0.29) is 5.57 Å². The number of carbonyl (C=O) groups is 2. The van der Waals surface area contributed by atoms with Gasteiger partial charge >= 0.3 is 5.97 Å². The molecule has 1 heterocycles. The molecular formula is C9H13NO4. The molecule has 0 aromatic rings. The number of rotatable bonds is 3. The Morgan fingerprint density at radius 2 is 2.14 bits per heavy atom. The van der Waals surface area contributed by atoms with E-state index >= 15 is 0 Å². The van der Waals surface area contributed by atoms with Crippen LogP contribution in [0.5, 0.6) is 0 Å². The molecule has 0 radical (unpaired) electrons. The number of nitrogens with zero attached hydrogens (tertiary/aromatic N) is 1. The van der Waals surface area contributed by atoms with Crippen molar-refractivity contribution in [3.63, 3.8) is 0 Å². The molecule has 5 heteroatoms. The normalized spacial score (nSPS) is 20.9. The summed E-state index contributed by atoms with van der Waals surface area (Å²) >= 11 is 0. The summed E-state index contributed by atoms with van der Waals surface area (Å²) in [6.45, 7) is 3.37. The van der Waals surface area contributed by atoms with E-state index in [1.807, 2.05) is 0 Å². The topological polar surface area (TPSA) is 77.8 Å². The van der Waals surface area contributed by atoms with Crippen LogP contribution >= 0.6 is 0 Å². The van der Waals surface area contributed by atoms with E-state index in [0.717, 1.165) is 0 Å². The van der Waals surface area contributed by atoms with Crippen LogP contribution in [0.3, 0.4) is 0 Å². The van der Waals surface area contributed by atoms with Gasteiger partial charge in [-0.2, -0.15) is 0 Å². The lowest BCUT2D eigenvalue weighted by atomic mass is 10.2. The van der Waals surface area contributed by atoms with E-state index in [9.17, 15) is 9.59 Å². The summed E-state index contributed by atoms with van der Waals surface area (Å²) in [4.78, 5) is 23.5. The lowest BCUT2D eigenvalue weighted by Gasteiger charge is -2.21. The van der Waals surface area contributed by atoms with Crippen molar-refractivity contribution in [1.29, 1.82) is 0 Å². The van der Waals surface area contributed by atoms with Gasteiger partial charge in [-0.05, 0) is 12.8 Å². The molecule has 0 spiro atoms. The number of amides is 1. The fraction of sp³-hybridized carbons (Fsp3) is 0.556. The number of hydrogen-bond donors (Lipinski definition) is 2. The van der Waals surface area contributed by atoms with Gasteiger partial charge in [-0.15, -0.1) is 0 Å². The number of carboxylic acids is 1. The Hall–Kier alpha value is -1.36. The zero-order valence-corrected chi connectivity index (χ0v) is 7.77. The van der Waals surface area contributed by atoms with Crippen molar-refractivity contribution in [3.8, 4) is 0 Å². The zero-order valence-electron chi connectivity index (χ0n) is 7.77. The summed E-state index contributed by atoms with van der Waals surface area (Å²) in [5, 5.41) is 17.5. The maximum atomic E-state index is 11.5. The maximum Gasteiger partial charge on any atom is 0.326 e. The molecule has 78 valence electrons. The van der Waals surface area contributed by atoms with Crippen molar-refractivity contribution in [1.82, 2.24) is 4.90 Å². The first-order chi connectivity index (χ1) is 6.57. The Labute approximate surface area is 81.6 Å². The number of carboxylic acid groups (broad SMARTS) is 1. The second-order valence-electron chi connectivity index (χ2n) is 3.26. The molecule has 1 aliphatic rings. The smallest absolute Gasteiger partial charge is 0.326 e. The molecular weight excluding hydrogens is 186 g/mol. The van der Waals surface area contributed by atoms with E-state index in [0.29, 0.717) is 19.4 Å². The van der Waals surface area contributed by atoms with Crippen molar-refractivity contribution >= 4 is 11.9 Å². The van der Waals surface area contributed by atoms with Crippen molar-refractivity contribution in [2.75, 3.05) is 13.2 Å². The average molecular weight is 199 g/mol. The number of aliphatic hydroxyl groups is 1. The third-order valence-corrected chi connectivity index (χ3v) is 2.29. The van der Waals surface area contributed by atoms with Crippen molar-refractivity contribution in [2.45, 2.75) is 18.9 Å². The van der Waals surface area contributed by atoms with Crippen LogP contribution in [-0.4, -0.2) is 46.2 Å². The van der Waals surface area contributed by atoms with Crippen LogP contribution in [-0.2, 0) is 9.59 Å². The van der Waals surface area contributed by atoms with Crippen LogP contribution in [0.15, 0.2) is 12.2 Å². The molecule has 1 amide bonds. The van der Waals surface area contributed by atoms with Crippen molar-refractivity contribution < 1.29 is 19.8 Å². The zero-order chi connectivity index (χ0) is 10.7. The molecule has 1 aliphatic heterocycles. The van der Waals surface area contributed by atoms with Crippen molar-refractivity contribution in [2.24, 2.45) is 0 Å². The van der Waals surface area contributed by atoms with E-state index in [4.69, 9.17) is 10.2 Å². The van der Waals surface area contributed by atoms with Crippen LogP contribution < -0.4 is 0 Å². The number of hydrogen-bond acceptors (Lipinski definition) is 3. The number of aliphatic carboxylic acids is 1. The van der Waals surface area contributed by atoms with Gasteiger partial charge in [-0.25, -0.2) is 4.79 Å². The second kappa shape index (κ2) is 4.23. The molecule has 14 heavy (non-hydrogen) atoms. The quantitative estimate of drug-likeness (QED) is 0.607. The van der Waals surface area contributed by atoms with Crippen LogP contribution in [0.1, 0.15) is 12.8 Å². The summed E-state index contributed by atoms with van der Waals surface area (Å²) in [6.07, 6.45) is 1.15. The molecule has 2 N–H and O–H groups in total. The van der Waals surface area contributed by atoms with Gasteiger partial charge in [0.25, 0.3) is 5.91 Å². The largest absolute Gasteiger partial charge is 0.480 e. The molecule has 0 saturated carbocycles. The first kappa shape index (κ1) is 10.7. The third kappa shape index (κ3) is 1.93. The lowest BCUT2D eigenvalue weighted by molar-refractivity contribution is -0.147. The summed E-state index contributed by atoms with van der Waals surface area (Å²) < 4.78 is 0. The molecule has 0 aliphatic carbocycles. The predicted molar refractivity (Wildman–Crippen MR) is 48.6 cm³/mol. The van der Waals surface area contributed by atoms with E-state index < -0.39 is 24.5 Å². The maximum absolute atomic E-state index is 11.5. The number of carbonyl (C=O) groups excluding carboxylic acids is 1. The molecule has 1 rings (SSSR count). The Balaban J connectivity index is 2.72. The molecule has 0 bridgehead atoms. The van der Waals surface area contributed by atoms with E-state index in [1.54, 1.807) is 0 Å². The van der Waals surface area contributed by atoms with Gasteiger partial charge in [0.05, 0.1) is 6.61 Å². The fourth-order valence-corrected chi connectivity index (χ4v) is 1.54. The van der Waals surface area contributed by atoms with Gasteiger partial charge in [0.15, 0.2) is 0 Å². The number of likely N-dealkylation sites (tertiary alicyclic amines) is 1. The molecule has 1 saturated heterocycles. The molecule has 1 fully saturated rings. The Morgan fingerprint density at radius 1 is 1.50 bits per heavy atom. The minimum atomic E-state index is -0.999. The van der Waals surface area contributed by atoms with Crippen LogP contribution in [0.4, 0.5) is 0 Å². The Morgan fingerprint density at radius 3 is 2.64 bits per heavy atom. The monoisotopic (exact) mass is 199 g/mol. The molecule has 0 aromatic heterocycles. The Kier molecular flexibility index (Phi) is 3.24. The van der Waals surface area contributed by atoms with Crippen LogP contribution in [0.2, 0.25) is 0 Å². The van der Waals surface area contributed by atoms with E-state index in [2.05, 4.69) is 6.58 Å². The SMILES string of the molecule is C=C(CO)C(=O)N1CCCC1C(=O)O. The fourth-order valence-electron chi connectivity index (χ4n) is 1.54. The molecule has 1 atom stereocenters. The summed E-state index contributed by atoms with van der Waals surface area (Å²) in [7, 11) is 0. The minimum Gasteiger partial charge on any atom is -0.480 e. The van der Waals surface area contributed by atoms with Gasteiger partial charge in [-0.3, -0.25) is 4.79 Å². The predicted octanol–water partition coefficient (Wildman–Crippen LogP) is -0.390. The second-order valence-corrected chi connectivity index (χ2v) is 3.26. The highest BCUT2D eigenvalue weighted by atomic mass is 16.4. The highest BCUT2D eigenvalue weighted by Gasteiger charge is 2.34. The van der Waals surface area contributed by atoms with Crippen molar-refractivity contribution in [3.05, 3.63) is 12.2 Å². The van der Waals surface area contributed by atoms with E-state index in [1.165, 1.54) is 4.90 Å². The van der Waals surface area contributed by atoms with Gasteiger partial charge in [0.1, 0.15) is 6.04 Å². The molecule has 0 aromatic carbocycles. The van der Waals surface area contributed by atoms with Gasteiger partial charge in [0.2, 0.25) is 0 Å². The third-order valence-electron chi connectivity index (χ3n) is 2.29.